The highest BCUT2D eigenvalue weighted by Crippen LogP contribution is 2.09. The molecule has 0 bridgehead atoms. The first-order valence-electron chi connectivity index (χ1n) is 9.38. The van der Waals surface area contributed by atoms with Gasteiger partial charge in [-0.25, -0.2) is 14.4 Å². The molecule has 6 N–H and O–H groups in total. The number of carboxylic acids is 3. The molecule has 0 aliphatic heterocycles. The van der Waals surface area contributed by atoms with Gasteiger partial charge in [0.2, 0.25) is 0 Å². The number of carbonyl (C=O) groups excluding carboxylic acids is 1. The van der Waals surface area contributed by atoms with Gasteiger partial charge in [-0.3, -0.25) is 4.79 Å². The van der Waals surface area contributed by atoms with Crippen molar-refractivity contribution in [2.45, 2.75) is 50.7 Å². The van der Waals surface area contributed by atoms with Gasteiger partial charge in [0.1, 0.15) is 12.1 Å². The molecule has 0 unspecified atom stereocenters. The van der Waals surface area contributed by atoms with Crippen molar-refractivity contribution < 1.29 is 34.5 Å². The number of aliphatic carboxylic acids is 3. The van der Waals surface area contributed by atoms with Crippen LogP contribution in [0.5, 0.6) is 0 Å². The van der Waals surface area contributed by atoms with Crippen molar-refractivity contribution in [3.05, 3.63) is 34.9 Å². The van der Waals surface area contributed by atoms with Crippen LogP contribution in [0.25, 0.3) is 0 Å². The lowest BCUT2D eigenvalue weighted by Crippen LogP contribution is -2.51. The van der Waals surface area contributed by atoms with E-state index in [0.717, 1.165) is 5.56 Å². The van der Waals surface area contributed by atoms with Crippen molar-refractivity contribution in [3.63, 3.8) is 0 Å². The minimum atomic E-state index is -1.42. The van der Waals surface area contributed by atoms with Gasteiger partial charge in [0.25, 0.3) is 0 Å². The Balaban J connectivity index is 2.34. The monoisotopic (exact) mass is 443 g/mol. The average molecular weight is 444 g/mol. The standard InChI is InChI=1S/C19H26ClN3O7/c20-13-6-4-12(5-7-13)11-21-10-2-1-3-14(17(26)27)22-19(30)23-15(18(28)29)8-9-16(24)25/h4-7,14-15,21H,1-3,8-11H2,(H,24,25)(H,26,27)(H,28,29)(H2,22,23,30)/t14-,15-/m0/s1. The minimum Gasteiger partial charge on any atom is -0.481 e. The Kier molecular flexibility index (Phi) is 11.2. The smallest absolute Gasteiger partial charge is 0.326 e. The Bertz CT molecular complexity index is 727. The molecule has 0 spiro atoms. The van der Waals surface area contributed by atoms with Gasteiger partial charge in [-0.1, -0.05) is 23.7 Å². The van der Waals surface area contributed by atoms with E-state index in [1.54, 1.807) is 12.1 Å². The van der Waals surface area contributed by atoms with Gasteiger partial charge >= 0.3 is 23.9 Å². The number of halogens is 1. The maximum absolute atomic E-state index is 11.9. The number of carboxylic acid groups (broad SMARTS) is 3. The van der Waals surface area contributed by atoms with Gasteiger partial charge in [-0.2, -0.15) is 0 Å². The first kappa shape index (κ1) is 25.2. The summed E-state index contributed by atoms with van der Waals surface area (Å²) in [7, 11) is 0. The van der Waals surface area contributed by atoms with Gasteiger partial charge < -0.3 is 31.3 Å². The predicted molar refractivity (Wildman–Crippen MR) is 108 cm³/mol. The van der Waals surface area contributed by atoms with Crippen molar-refractivity contribution in [1.29, 1.82) is 0 Å². The zero-order valence-corrected chi connectivity index (χ0v) is 17.0. The predicted octanol–water partition coefficient (Wildman–Crippen LogP) is 1.67. The summed E-state index contributed by atoms with van der Waals surface area (Å²) in [6.07, 6.45) is 0.610. The first-order chi connectivity index (χ1) is 14.2. The number of urea groups is 1. The van der Waals surface area contributed by atoms with Crippen molar-refractivity contribution in [3.8, 4) is 0 Å². The quantitative estimate of drug-likeness (QED) is 0.236. The maximum atomic E-state index is 11.9. The molecular weight excluding hydrogens is 418 g/mol. The van der Waals surface area contributed by atoms with Crippen LogP contribution in [0, 0.1) is 0 Å². The van der Waals surface area contributed by atoms with E-state index in [9.17, 15) is 24.3 Å². The minimum absolute atomic E-state index is 0.165. The van der Waals surface area contributed by atoms with Crippen LogP contribution in [0.1, 0.15) is 37.7 Å². The SMILES string of the molecule is O=C(O)CC[C@H](NC(=O)N[C@@H](CCCCNCc1ccc(Cl)cc1)C(=O)O)C(=O)O. The second-order valence-electron chi connectivity index (χ2n) is 6.63. The van der Waals surface area contributed by atoms with E-state index < -0.39 is 42.4 Å². The van der Waals surface area contributed by atoms with E-state index >= 15 is 0 Å². The van der Waals surface area contributed by atoms with Gasteiger partial charge in [-0.05, 0) is 49.9 Å². The number of rotatable bonds is 14. The van der Waals surface area contributed by atoms with E-state index in [1.807, 2.05) is 12.1 Å². The third kappa shape index (κ3) is 10.6. The van der Waals surface area contributed by atoms with Crippen molar-refractivity contribution in [2.75, 3.05) is 6.54 Å². The summed E-state index contributed by atoms with van der Waals surface area (Å²) in [6.45, 7) is 1.30. The van der Waals surface area contributed by atoms with Gasteiger partial charge in [-0.15, -0.1) is 0 Å². The Hall–Kier alpha value is -2.85. The van der Waals surface area contributed by atoms with Gasteiger partial charge in [0, 0.05) is 18.0 Å². The average Bonchev–Trinajstić information content (AvgIpc) is 2.67. The van der Waals surface area contributed by atoms with E-state index in [1.165, 1.54) is 0 Å². The molecule has 2 atom stereocenters. The summed E-state index contributed by atoms with van der Waals surface area (Å²) in [5, 5.41) is 35.1. The molecular formula is C19H26ClN3O7. The molecule has 0 fully saturated rings. The number of hydrogen-bond donors (Lipinski definition) is 6. The Labute approximate surface area is 178 Å². The Morgan fingerprint density at radius 3 is 1.97 bits per heavy atom. The molecule has 1 aromatic carbocycles. The molecule has 0 aromatic heterocycles. The van der Waals surface area contributed by atoms with E-state index in [-0.39, 0.29) is 12.8 Å². The lowest BCUT2D eigenvalue weighted by atomic mass is 10.1. The van der Waals surface area contributed by atoms with E-state index in [2.05, 4.69) is 16.0 Å². The topological polar surface area (TPSA) is 165 Å². The van der Waals surface area contributed by atoms with Crippen LogP contribution in [0.2, 0.25) is 5.02 Å². The lowest BCUT2D eigenvalue weighted by molar-refractivity contribution is -0.140. The second-order valence-corrected chi connectivity index (χ2v) is 7.07. The van der Waals surface area contributed by atoms with Crippen LogP contribution in [0.4, 0.5) is 4.79 Å². The van der Waals surface area contributed by atoms with Crippen LogP contribution in [0.3, 0.4) is 0 Å². The van der Waals surface area contributed by atoms with Crippen molar-refractivity contribution in [2.24, 2.45) is 0 Å². The van der Waals surface area contributed by atoms with Crippen LogP contribution < -0.4 is 16.0 Å². The van der Waals surface area contributed by atoms with Crippen LogP contribution in [0.15, 0.2) is 24.3 Å². The molecule has 1 rings (SSSR count). The highest BCUT2D eigenvalue weighted by molar-refractivity contribution is 6.30. The molecule has 0 radical (unpaired) electrons. The summed E-state index contributed by atoms with van der Waals surface area (Å²) in [5.74, 6) is -3.83. The van der Waals surface area contributed by atoms with Crippen molar-refractivity contribution >= 4 is 35.5 Å². The van der Waals surface area contributed by atoms with Crippen LogP contribution in [-0.2, 0) is 20.9 Å². The Morgan fingerprint density at radius 1 is 0.867 bits per heavy atom. The second kappa shape index (κ2) is 13.4. The summed E-state index contributed by atoms with van der Waals surface area (Å²) in [5.41, 5.74) is 1.07. The third-order valence-electron chi connectivity index (χ3n) is 4.19. The van der Waals surface area contributed by atoms with Crippen LogP contribution in [-0.4, -0.2) is 57.9 Å². The fraction of sp³-hybridized carbons (Fsp3) is 0.474. The number of unbranched alkanes of at least 4 members (excludes halogenated alkanes) is 1. The normalized spacial score (nSPS) is 12.6. The number of amides is 2. The maximum Gasteiger partial charge on any atom is 0.326 e. The van der Waals surface area contributed by atoms with Crippen LogP contribution >= 0.6 is 11.6 Å². The van der Waals surface area contributed by atoms with Gasteiger partial charge in [0.15, 0.2) is 0 Å². The molecule has 0 heterocycles. The molecule has 1 aromatic rings. The fourth-order valence-electron chi connectivity index (χ4n) is 2.57. The molecule has 10 nitrogen and oxygen atoms in total. The number of hydrogen-bond acceptors (Lipinski definition) is 5. The van der Waals surface area contributed by atoms with E-state index in [4.69, 9.17) is 21.8 Å². The highest BCUT2D eigenvalue weighted by Gasteiger charge is 2.24. The molecule has 0 saturated carbocycles. The number of benzene rings is 1. The zero-order chi connectivity index (χ0) is 22.5. The summed E-state index contributed by atoms with van der Waals surface area (Å²) < 4.78 is 0. The van der Waals surface area contributed by atoms with E-state index in [0.29, 0.717) is 31.0 Å². The first-order valence-corrected chi connectivity index (χ1v) is 9.76. The zero-order valence-electron chi connectivity index (χ0n) is 16.3. The largest absolute Gasteiger partial charge is 0.481 e. The molecule has 0 aliphatic carbocycles. The molecule has 0 aliphatic rings. The highest BCUT2D eigenvalue weighted by atomic mass is 35.5. The molecule has 0 saturated heterocycles. The van der Waals surface area contributed by atoms with Crippen molar-refractivity contribution in [1.82, 2.24) is 16.0 Å². The summed E-state index contributed by atoms with van der Waals surface area (Å²) in [6, 6.07) is 3.81. The van der Waals surface area contributed by atoms with Gasteiger partial charge in [0.05, 0.1) is 0 Å². The molecule has 11 heteroatoms. The number of carbonyl (C=O) groups is 4. The molecule has 2 amide bonds. The number of nitrogens with one attached hydrogen (secondary N) is 3. The molecule has 30 heavy (non-hydrogen) atoms. The fourth-order valence-corrected chi connectivity index (χ4v) is 2.70. The summed E-state index contributed by atoms with van der Waals surface area (Å²) in [4.78, 5) is 44.9. The third-order valence-corrected chi connectivity index (χ3v) is 4.44. The molecule has 166 valence electrons. The lowest BCUT2D eigenvalue weighted by Gasteiger charge is -2.18. The summed E-state index contributed by atoms with van der Waals surface area (Å²) >= 11 is 5.82. The Morgan fingerprint density at radius 2 is 1.43 bits per heavy atom.